The largest absolute Gasteiger partial charge is 0.349 e. The molecule has 0 aliphatic heterocycles. The van der Waals surface area contributed by atoms with Crippen molar-refractivity contribution in [2.75, 3.05) is 13.1 Å². The highest BCUT2D eigenvalue weighted by Gasteiger charge is 2.21. The molecule has 1 rings (SSSR count). The number of aryl methyl sites for hydroxylation is 1. The van der Waals surface area contributed by atoms with Crippen molar-refractivity contribution in [3.8, 4) is 0 Å². The summed E-state index contributed by atoms with van der Waals surface area (Å²) in [7, 11) is 0. The van der Waals surface area contributed by atoms with Crippen molar-refractivity contribution >= 4 is 5.91 Å². The third kappa shape index (κ3) is 5.50. The van der Waals surface area contributed by atoms with Crippen LogP contribution in [0, 0.1) is 11.8 Å². The Balaban J connectivity index is 2.75. The van der Waals surface area contributed by atoms with Gasteiger partial charge in [0, 0.05) is 12.5 Å². The summed E-state index contributed by atoms with van der Waals surface area (Å²) in [6, 6.07) is 8.66. The van der Waals surface area contributed by atoms with Crippen molar-refractivity contribution < 1.29 is 4.79 Å². The van der Waals surface area contributed by atoms with Gasteiger partial charge in [-0.1, -0.05) is 58.9 Å². The Hall–Kier alpha value is -1.35. The molecule has 2 unspecified atom stereocenters. The highest BCUT2D eigenvalue weighted by Crippen LogP contribution is 2.22. The number of hydrogen-bond donors (Lipinski definition) is 2. The Labute approximate surface area is 129 Å². The number of amides is 1. The normalized spacial score (nSPS) is 14.0. The Morgan fingerprint density at radius 2 is 1.71 bits per heavy atom. The maximum Gasteiger partial charge on any atom is 0.224 e. The minimum Gasteiger partial charge on any atom is -0.349 e. The molecule has 21 heavy (non-hydrogen) atoms. The van der Waals surface area contributed by atoms with Crippen molar-refractivity contribution in [1.29, 1.82) is 0 Å². The van der Waals surface area contributed by atoms with Crippen molar-refractivity contribution in [3.63, 3.8) is 0 Å². The minimum atomic E-state index is -0.0129. The molecule has 1 amide bonds. The standard InChI is InChI=1S/C18H30N2O/c1-6-15-8-10-16(11-9-15)17(13(3)4)20-18(21)14(5)12-19-7-2/h8-11,13-14,17,19H,6-7,12H2,1-5H3,(H,20,21). The van der Waals surface area contributed by atoms with Crippen LogP contribution in [0.5, 0.6) is 0 Å². The van der Waals surface area contributed by atoms with Crippen LogP contribution in [0.25, 0.3) is 0 Å². The topological polar surface area (TPSA) is 41.1 Å². The molecular formula is C18H30N2O. The molecule has 0 fully saturated rings. The molecule has 0 saturated carbocycles. The maximum atomic E-state index is 12.3. The van der Waals surface area contributed by atoms with Gasteiger partial charge < -0.3 is 10.6 Å². The Bertz CT molecular complexity index is 425. The van der Waals surface area contributed by atoms with Gasteiger partial charge in [0.2, 0.25) is 5.91 Å². The Morgan fingerprint density at radius 1 is 1.10 bits per heavy atom. The van der Waals surface area contributed by atoms with E-state index in [4.69, 9.17) is 0 Å². The highest BCUT2D eigenvalue weighted by molar-refractivity contribution is 5.79. The van der Waals surface area contributed by atoms with Crippen LogP contribution in [0.4, 0.5) is 0 Å². The fraction of sp³-hybridized carbons (Fsp3) is 0.611. The number of rotatable bonds is 8. The molecule has 3 heteroatoms. The third-order valence-corrected chi connectivity index (χ3v) is 3.86. The zero-order valence-corrected chi connectivity index (χ0v) is 14.1. The lowest BCUT2D eigenvalue weighted by atomic mass is 9.94. The summed E-state index contributed by atoms with van der Waals surface area (Å²) in [6.45, 7) is 12.1. The molecule has 0 heterocycles. The number of nitrogens with one attached hydrogen (secondary N) is 2. The van der Waals surface area contributed by atoms with E-state index in [-0.39, 0.29) is 17.9 Å². The van der Waals surface area contributed by atoms with Crippen LogP contribution in [0.15, 0.2) is 24.3 Å². The fourth-order valence-electron chi connectivity index (χ4n) is 2.34. The van der Waals surface area contributed by atoms with Crippen LogP contribution in [0.1, 0.15) is 51.8 Å². The van der Waals surface area contributed by atoms with Gasteiger partial charge in [0.25, 0.3) is 0 Å². The average Bonchev–Trinajstić information content (AvgIpc) is 2.49. The highest BCUT2D eigenvalue weighted by atomic mass is 16.1. The summed E-state index contributed by atoms with van der Waals surface area (Å²) in [5.74, 6) is 0.475. The smallest absolute Gasteiger partial charge is 0.224 e. The van der Waals surface area contributed by atoms with Crippen LogP contribution in [-0.2, 0) is 11.2 Å². The molecule has 1 aromatic rings. The number of benzene rings is 1. The number of carbonyl (C=O) groups excluding carboxylic acids is 1. The second-order valence-corrected chi connectivity index (χ2v) is 6.03. The number of hydrogen-bond acceptors (Lipinski definition) is 2. The lowest BCUT2D eigenvalue weighted by Crippen LogP contribution is -2.39. The first-order chi connectivity index (χ1) is 9.99. The second kappa shape index (κ2) is 8.83. The molecular weight excluding hydrogens is 260 g/mol. The third-order valence-electron chi connectivity index (χ3n) is 3.86. The van der Waals surface area contributed by atoms with E-state index >= 15 is 0 Å². The zero-order valence-electron chi connectivity index (χ0n) is 14.1. The SMILES string of the molecule is CCNCC(C)C(=O)NC(c1ccc(CC)cc1)C(C)C. The molecule has 0 radical (unpaired) electrons. The van der Waals surface area contributed by atoms with Gasteiger partial charge in [0.1, 0.15) is 0 Å². The Morgan fingerprint density at radius 3 is 2.19 bits per heavy atom. The van der Waals surface area contributed by atoms with E-state index in [9.17, 15) is 4.79 Å². The first-order valence-electron chi connectivity index (χ1n) is 8.09. The summed E-state index contributed by atoms with van der Waals surface area (Å²) in [5, 5.41) is 6.43. The molecule has 0 saturated heterocycles. The lowest BCUT2D eigenvalue weighted by molar-refractivity contribution is -0.125. The van der Waals surface area contributed by atoms with E-state index in [1.54, 1.807) is 0 Å². The van der Waals surface area contributed by atoms with Crippen LogP contribution in [-0.4, -0.2) is 19.0 Å². The van der Waals surface area contributed by atoms with Gasteiger partial charge in [-0.15, -0.1) is 0 Å². The van der Waals surface area contributed by atoms with E-state index in [0.29, 0.717) is 5.92 Å². The van der Waals surface area contributed by atoms with E-state index in [0.717, 1.165) is 19.5 Å². The van der Waals surface area contributed by atoms with Gasteiger partial charge in [-0.2, -0.15) is 0 Å². The van der Waals surface area contributed by atoms with Gasteiger partial charge >= 0.3 is 0 Å². The Kier molecular flexibility index (Phi) is 7.44. The van der Waals surface area contributed by atoms with Crippen LogP contribution >= 0.6 is 0 Å². The van der Waals surface area contributed by atoms with E-state index in [2.05, 4.69) is 62.6 Å². The van der Waals surface area contributed by atoms with Gasteiger partial charge in [0.05, 0.1) is 6.04 Å². The number of carbonyl (C=O) groups is 1. The summed E-state index contributed by atoms with van der Waals surface area (Å²) in [4.78, 5) is 12.3. The zero-order chi connectivity index (χ0) is 15.8. The first kappa shape index (κ1) is 17.7. The molecule has 3 nitrogen and oxygen atoms in total. The average molecular weight is 290 g/mol. The molecule has 2 atom stereocenters. The van der Waals surface area contributed by atoms with Crippen molar-refractivity contribution in [2.24, 2.45) is 11.8 Å². The fourth-order valence-corrected chi connectivity index (χ4v) is 2.34. The quantitative estimate of drug-likeness (QED) is 0.771. The van der Waals surface area contributed by atoms with Gasteiger partial charge in [-0.3, -0.25) is 4.79 Å². The predicted molar refractivity (Wildman–Crippen MR) is 89.2 cm³/mol. The van der Waals surface area contributed by atoms with Crippen LogP contribution in [0.3, 0.4) is 0 Å². The van der Waals surface area contributed by atoms with E-state index < -0.39 is 0 Å². The van der Waals surface area contributed by atoms with E-state index in [1.807, 2.05) is 6.92 Å². The lowest BCUT2D eigenvalue weighted by Gasteiger charge is -2.25. The van der Waals surface area contributed by atoms with Crippen molar-refractivity contribution in [1.82, 2.24) is 10.6 Å². The van der Waals surface area contributed by atoms with Gasteiger partial charge in [-0.05, 0) is 30.0 Å². The maximum absolute atomic E-state index is 12.3. The molecule has 1 aromatic carbocycles. The van der Waals surface area contributed by atoms with E-state index in [1.165, 1.54) is 11.1 Å². The molecule has 0 spiro atoms. The first-order valence-corrected chi connectivity index (χ1v) is 8.09. The van der Waals surface area contributed by atoms with Crippen molar-refractivity contribution in [3.05, 3.63) is 35.4 Å². The predicted octanol–water partition coefficient (Wildman–Crippen LogP) is 3.31. The second-order valence-electron chi connectivity index (χ2n) is 6.03. The molecule has 0 aliphatic carbocycles. The summed E-state index contributed by atoms with van der Waals surface area (Å²) >= 11 is 0. The molecule has 0 bridgehead atoms. The van der Waals surface area contributed by atoms with Gasteiger partial charge in [-0.25, -0.2) is 0 Å². The monoisotopic (exact) mass is 290 g/mol. The van der Waals surface area contributed by atoms with Crippen LogP contribution < -0.4 is 10.6 Å². The molecule has 2 N–H and O–H groups in total. The summed E-state index contributed by atoms with van der Waals surface area (Å²) < 4.78 is 0. The molecule has 0 aliphatic rings. The van der Waals surface area contributed by atoms with Crippen LogP contribution in [0.2, 0.25) is 0 Å². The molecule has 118 valence electrons. The van der Waals surface area contributed by atoms with Gasteiger partial charge in [0.15, 0.2) is 0 Å². The van der Waals surface area contributed by atoms with Crippen molar-refractivity contribution in [2.45, 2.75) is 47.1 Å². The summed E-state index contributed by atoms with van der Waals surface area (Å²) in [5.41, 5.74) is 2.51. The minimum absolute atomic E-state index is 0.0129. The molecule has 0 aromatic heterocycles. The summed E-state index contributed by atoms with van der Waals surface area (Å²) in [6.07, 6.45) is 1.04.